The quantitative estimate of drug-likeness (QED) is 0.757. The van der Waals surface area contributed by atoms with Gasteiger partial charge in [0.2, 0.25) is 0 Å². The van der Waals surface area contributed by atoms with E-state index in [1.54, 1.807) is 0 Å². The fraction of sp³-hybridized carbons (Fsp3) is 0.389. The molecule has 118 valence electrons. The highest BCUT2D eigenvalue weighted by Gasteiger charge is 2.04. The Morgan fingerprint density at radius 2 is 2.05 bits per heavy atom. The number of likely N-dealkylation sites (N-methyl/N-ethyl adjacent to an activating group) is 1. The summed E-state index contributed by atoms with van der Waals surface area (Å²) in [6, 6.07) is 8.07. The van der Waals surface area contributed by atoms with Gasteiger partial charge in [-0.15, -0.1) is 0 Å². The highest BCUT2D eigenvalue weighted by molar-refractivity contribution is 6.31. The summed E-state index contributed by atoms with van der Waals surface area (Å²) in [4.78, 5) is 6.75. The molecule has 0 saturated heterocycles. The second-order valence-electron chi connectivity index (χ2n) is 5.37. The van der Waals surface area contributed by atoms with Gasteiger partial charge in [0.1, 0.15) is 0 Å². The van der Waals surface area contributed by atoms with Crippen molar-refractivity contribution in [2.75, 3.05) is 25.0 Å². The van der Waals surface area contributed by atoms with E-state index in [9.17, 15) is 0 Å². The third kappa shape index (κ3) is 4.46. The van der Waals surface area contributed by atoms with Gasteiger partial charge >= 0.3 is 0 Å². The molecule has 0 radical (unpaired) electrons. The average molecular weight is 318 g/mol. The predicted octanol–water partition coefficient (Wildman–Crippen LogP) is 4.59. The standard InChI is InChI=1S/C18H24ClN3/c1-4-22(5-2)12-6-7-14(3)21-17-10-11-20-18-13-15(19)8-9-16(17)18/h6-11,13-14H,4-5,12H2,1-3H3,(H,20,21)/b7-6+/t14-/m1/s1. The number of hydrogen-bond donors (Lipinski definition) is 1. The first-order chi connectivity index (χ1) is 10.6. The number of nitrogens with one attached hydrogen (secondary N) is 1. The Morgan fingerprint density at radius 1 is 1.27 bits per heavy atom. The Morgan fingerprint density at radius 3 is 2.77 bits per heavy atom. The Hall–Kier alpha value is -1.58. The minimum absolute atomic E-state index is 0.261. The first kappa shape index (κ1) is 16.8. The molecular weight excluding hydrogens is 294 g/mol. The van der Waals surface area contributed by atoms with Gasteiger partial charge in [0.15, 0.2) is 0 Å². The molecule has 0 spiro atoms. The van der Waals surface area contributed by atoms with E-state index in [0.29, 0.717) is 5.02 Å². The van der Waals surface area contributed by atoms with E-state index in [0.717, 1.165) is 36.2 Å². The van der Waals surface area contributed by atoms with Crippen molar-refractivity contribution in [1.82, 2.24) is 9.88 Å². The van der Waals surface area contributed by atoms with E-state index >= 15 is 0 Å². The number of halogens is 1. The van der Waals surface area contributed by atoms with E-state index in [1.807, 2.05) is 30.5 Å². The first-order valence-corrected chi connectivity index (χ1v) is 8.21. The summed E-state index contributed by atoms with van der Waals surface area (Å²) in [7, 11) is 0. The fourth-order valence-electron chi connectivity index (χ4n) is 2.44. The van der Waals surface area contributed by atoms with Crippen molar-refractivity contribution in [3.8, 4) is 0 Å². The smallest absolute Gasteiger partial charge is 0.0737 e. The maximum atomic E-state index is 6.03. The molecular formula is C18H24ClN3. The molecule has 0 bridgehead atoms. The van der Waals surface area contributed by atoms with Gasteiger partial charge in [0, 0.05) is 34.9 Å². The van der Waals surface area contributed by atoms with Crippen LogP contribution in [0.2, 0.25) is 5.02 Å². The molecule has 0 aliphatic rings. The third-order valence-corrected chi connectivity index (χ3v) is 4.01. The van der Waals surface area contributed by atoms with Gasteiger partial charge in [0.25, 0.3) is 0 Å². The molecule has 1 aromatic carbocycles. The summed E-state index contributed by atoms with van der Waals surface area (Å²) in [6.45, 7) is 9.68. The van der Waals surface area contributed by atoms with Gasteiger partial charge in [-0.2, -0.15) is 0 Å². The summed E-state index contributed by atoms with van der Waals surface area (Å²) >= 11 is 6.03. The van der Waals surface area contributed by atoms with E-state index < -0.39 is 0 Å². The molecule has 1 heterocycles. The maximum Gasteiger partial charge on any atom is 0.0737 e. The van der Waals surface area contributed by atoms with Crippen LogP contribution < -0.4 is 5.32 Å². The fourth-order valence-corrected chi connectivity index (χ4v) is 2.60. The molecule has 4 heteroatoms. The van der Waals surface area contributed by atoms with Gasteiger partial charge in [-0.1, -0.05) is 37.6 Å². The van der Waals surface area contributed by atoms with Gasteiger partial charge in [0.05, 0.1) is 5.52 Å². The second kappa shape index (κ2) is 8.16. The molecule has 2 aromatic rings. The lowest BCUT2D eigenvalue weighted by atomic mass is 10.1. The molecule has 1 atom stereocenters. The van der Waals surface area contributed by atoms with E-state index in [4.69, 9.17) is 11.6 Å². The number of benzene rings is 1. The lowest BCUT2D eigenvalue weighted by Gasteiger charge is -2.16. The van der Waals surface area contributed by atoms with E-state index in [2.05, 4.69) is 48.1 Å². The Balaban J connectivity index is 2.05. The number of anilines is 1. The molecule has 0 aliphatic carbocycles. The van der Waals surface area contributed by atoms with Crippen molar-refractivity contribution in [2.24, 2.45) is 0 Å². The van der Waals surface area contributed by atoms with Crippen LogP contribution in [-0.2, 0) is 0 Å². The van der Waals surface area contributed by atoms with Gasteiger partial charge in [-0.3, -0.25) is 4.98 Å². The summed E-state index contributed by atoms with van der Waals surface area (Å²) < 4.78 is 0. The highest BCUT2D eigenvalue weighted by atomic mass is 35.5. The summed E-state index contributed by atoms with van der Waals surface area (Å²) in [5, 5.41) is 5.33. The zero-order valence-electron chi connectivity index (χ0n) is 13.5. The van der Waals surface area contributed by atoms with Crippen LogP contribution in [0, 0.1) is 0 Å². The SMILES string of the molecule is CCN(CC)C/C=C/[C@@H](C)Nc1ccnc2cc(Cl)ccc12. The van der Waals surface area contributed by atoms with Crippen molar-refractivity contribution in [1.29, 1.82) is 0 Å². The number of pyridine rings is 1. The van der Waals surface area contributed by atoms with Gasteiger partial charge in [-0.05, 0) is 44.3 Å². The average Bonchev–Trinajstić information content (AvgIpc) is 2.51. The molecule has 0 aliphatic heterocycles. The van der Waals surface area contributed by atoms with Crippen LogP contribution in [-0.4, -0.2) is 35.6 Å². The minimum Gasteiger partial charge on any atom is -0.379 e. The van der Waals surface area contributed by atoms with Crippen molar-refractivity contribution in [2.45, 2.75) is 26.8 Å². The van der Waals surface area contributed by atoms with Crippen LogP contribution in [0.15, 0.2) is 42.6 Å². The molecule has 1 N–H and O–H groups in total. The van der Waals surface area contributed by atoms with Crippen molar-refractivity contribution >= 4 is 28.2 Å². The minimum atomic E-state index is 0.261. The zero-order chi connectivity index (χ0) is 15.9. The number of fused-ring (bicyclic) bond motifs is 1. The van der Waals surface area contributed by atoms with E-state index in [1.165, 1.54) is 0 Å². The first-order valence-electron chi connectivity index (χ1n) is 7.83. The Kier molecular flexibility index (Phi) is 6.22. The lowest BCUT2D eigenvalue weighted by Crippen LogP contribution is -2.23. The molecule has 3 nitrogen and oxygen atoms in total. The van der Waals surface area contributed by atoms with Crippen molar-refractivity contribution in [3.05, 3.63) is 47.6 Å². The number of aromatic nitrogens is 1. The van der Waals surface area contributed by atoms with Gasteiger partial charge < -0.3 is 10.2 Å². The molecule has 0 fully saturated rings. The Labute approximate surface area is 138 Å². The lowest BCUT2D eigenvalue weighted by molar-refractivity contribution is 0.337. The molecule has 0 amide bonds. The molecule has 0 saturated carbocycles. The van der Waals surface area contributed by atoms with E-state index in [-0.39, 0.29) is 6.04 Å². The van der Waals surface area contributed by atoms with Crippen LogP contribution in [0.5, 0.6) is 0 Å². The topological polar surface area (TPSA) is 28.2 Å². The second-order valence-corrected chi connectivity index (χ2v) is 5.80. The summed E-state index contributed by atoms with van der Waals surface area (Å²) in [5.41, 5.74) is 2.00. The number of nitrogens with zero attached hydrogens (tertiary/aromatic N) is 2. The summed E-state index contributed by atoms with van der Waals surface area (Å²) in [6.07, 6.45) is 6.25. The van der Waals surface area contributed by atoms with Crippen LogP contribution >= 0.6 is 11.6 Å². The predicted molar refractivity (Wildman–Crippen MR) is 96.8 cm³/mol. The third-order valence-electron chi connectivity index (χ3n) is 3.77. The number of rotatable bonds is 7. The van der Waals surface area contributed by atoms with Crippen LogP contribution in [0.1, 0.15) is 20.8 Å². The van der Waals surface area contributed by atoms with Crippen molar-refractivity contribution in [3.63, 3.8) is 0 Å². The monoisotopic (exact) mass is 317 g/mol. The zero-order valence-corrected chi connectivity index (χ0v) is 14.3. The van der Waals surface area contributed by atoms with Gasteiger partial charge in [-0.25, -0.2) is 0 Å². The van der Waals surface area contributed by atoms with Crippen LogP contribution in [0.25, 0.3) is 10.9 Å². The largest absolute Gasteiger partial charge is 0.379 e. The highest BCUT2D eigenvalue weighted by Crippen LogP contribution is 2.24. The number of hydrogen-bond acceptors (Lipinski definition) is 3. The summed E-state index contributed by atoms with van der Waals surface area (Å²) in [5.74, 6) is 0. The molecule has 2 rings (SSSR count). The molecule has 1 aromatic heterocycles. The molecule has 22 heavy (non-hydrogen) atoms. The van der Waals surface area contributed by atoms with Crippen LogP contribution in [0.4, 0.5) is 5.69 Å². The maximum absolute atomic E-state index is 6.03. The van der Waals surface area contributed by atoms with Crippen molar-refractivity contribution < 1.29 is 0 Å². The molecule has 0 unspecified atom stereocenters. The Bertz CT molecular complexity index is 635. The van der Waals surface area contributed by atoms with Crippen LogP contribution in [0.3, 0.4) is 0 Å². The normalized spacial score (nSPS) is 13.1.